The van der Waals surface area contributed by atoms with Crippen LogP contribution in [-0.2, 0) is 4.74 Å². The van der Waals surface area contributed by atoms with Crippen LogP contribution in [0.3, 0.4) is 0 Å². The van der Waals surface area contributed by atoms with E-state index in [-0.39, 0.29) is 12.4 Å². The molecule has 2 rings (SSSR count). The number of nitrogen functional groups attached to an aromatic ring is 1. The largest absolute Gasteiger partial charge is 0.394 e. The zero-order chi connectivity index (χ0) is 13.4. The van der Waals surface area contributed by atoms with E-state index in [1.54, 1.807) is 0 Å². The third-order valence-corrected chi connectivity index (χ3v) is 3.99. The monoisotopic (exact) mass is 387 g/mol. The molecule has 0 spiro atoms. The van der Waals surface area contributed by atoms with Gasteiger partial charge in [-0.1, -0.05) is 0 Å². The Morgan fingerprint density at radius 3 is 2.89 bits per heavy atom. The van der Waals surface area contributed by atoms with Crippen LogP contribution >= 0.6 is 34.2 Å². The molecule has 1 aliphatic heterocycles. The zero-order valence-corrected chi connectivity index (χ0v) is 11.9. The first-order valence-corrected chi connectivity index (χ1v) is 6.60. The fraction of sp³-hybridized carbons (Fsp3) is 0.556. The number of nitrogens with two attached hydrogens (primary N) is 1. The minimum absolute atomic E-state index is 0.125. The van der Waals surface area contributed by atoms with E-state index in [1.165, 1.54) is 6.20 Å². The standard InChI is InChI=1S/C9H11ClIN3O4/c10-5-6(16)4(2-15)18-8(5)14-1-3(11)7(12)13-9(14)17/h1,4-6,8,15-16H,2H2,(H2,12,13,17)/t4-,5+,6+,8+/m0/s1. The van der Waals surface area contributed by atoms with Crippen molar-refractivity contribution in [1.82, 2.24) is 9.55 Å². The van der Waals surface area contributed by atoms with Gasteiger partial charge in [0.1, 0.15) is 23.4 Å². The summed E-state index contributed by atoms with van der Waals surface area (Å²) in [5.41, 5.74) is 4.89. The Bertz CT molecular complexity index is 511. The summed E-state index contributed by atoms with van der Waals surface area (Å²) < 4.78 is 7.08. The number of nitrogens with zero attached hydrogens (tertiary/aromatic N) is 2. The Morgan fingerprint density at radius 2 is 2.33 bits per heavy atom. The maximum absolute atomic E-state index is 11.7. The molecule has 0 aromatic carbocycles. The van der Waals surface area contributed by atoms with Crippen LogP contribution in [0.4, 0.5) is 5.82 Å². The Hall–Kier alpha value is -0.420. The summed E-state index contributed by atoms with van der Waals surface area (Å²) >= 11 is 7.92. The van der Waals surface area contributed by atoms with Crippen LogP contribution in [0, 0.1) is 3.57 Å². The molecule has 1 aromatic rings. The molecule has 4 N–H and O–H groups in total. The van der Waals surface area contributed by atoms with Crippen molar-refractivity contribution in [3.8, 4) is 0 Å². The molecule has 1 fully saturated rings. The van der Waals surface area contributed by atoms with E-state index in [4.69, 9.17) is 27.2 Å². The van der Waals surface area contributed by atoms with Crippen LogP contribution < -0.4 is 11.4 Å². The maximum Gasteiger partial charge on any atom is 0.351 e. The van der Waals surface area contributed by atoms with Gasteiger partial charge >= 0.3 is 5.69 Å². The van der Waals surface area contributed by atoms with Gasteiger partial charge < -0.3 is 20.7 Å². The van der Waals surface area contributed by atoms with E-state index in [2.05, 4.69) is 4.98 Å². The first-order chi connectivity index (χ1) is 8.45. The number of rotatable bonds is 2. The minimum Gasteiger partial charge on any atom is -0.394 e. The molecule has 100 valence electrons. The van der Waals surface area contributed by atoms with Gasteiger partial charge in [0.2, 0.25) is 0 Å². The molecule has 1 aliphatic rings. The lowest BCUT2D eigenvalue weighted by molar-refractivity contribution is -0.0457. The van der Waals surface area contributed by atoms with Crippen molar-refractivity contribution in [2.24, 2.45) is 0 Å². The van der Waals surface area contributed by atoms with Crippen LogP contribution in [0.2, 0.25) is 0 Å². The fourth-order valence-corrected chi connectivity index (χ4v) is 2.48. The summed E-state index contributed by atoms with van der Waals surface area (Å²) in [5, 5.41) is 17.9. The van der Waals surface area contributed by atoms with Crippen molar-refractivity contribution in [1.29, 1.82) is 0 Å². The molecule has 0 radical (unpaired) electrons. The molecule has 0 aliphatic carbocycles. The number of alkyl halides is 1. The zero-order valence-electron chi connectivity index (χ0n) is 9.03. The van der Waals surface area contributed by atoms with Crippen LogP contribution in [0.15, 0.2) is 11.0 Å². The molecule has 9 heteroatoms. The van der Waals surface area contributed by atoms with Crippen LogP contribution in [0.25, 0.3) is 0 Å². The van der Waals surface area contributed by atoms with Gasteiger partial charge in [0, 0.05) is 6.20 Å². The third-order valence-electron chi connectivity index (χ3n) is 2.68. The van der Waals surface area contributed by atoms with Gasteiger partial charge in [0.25, 0.3) is 0 Å². The topological polar surface area (TPSA) is 111 Å². The molecule has 0 unspecified atom stereocenters. The van der Waals surface area contributed by atoms with Crippen molar-refractivity contribution < 1.29 is 14.9 Å². The quantitative estimate of drug-likeness (QED) is 0.457. The molecule has 18 heavy (non-hydrogen) atoms. The summed E-state index contributed by atoms with van der Waals surface area (Å²) in [4.78, 5) is 15.3. The molecule has 2 heterocycles. The highest BCUT2D eigenvalue weighted by molar-refractivity contribution is 14.1. The molecule has 1 aromatic heterocycles. The number of hydrogen-bond donors (Lipinski definition) is 3. The van der Waals surface area contributed by atoms with Crippen LogP contribution in [0.1, 0.15) is 6.23 Å². The Kier molecular flexibility index (Phi) is 4.11. The highest BCUT2D eigenvalue weighted by atomic mass is 127. The van der Waals surface area contributed by atoms with Crippen LogP contribution in [0.5, 0.6) is 0 Å². The summed E-state index contributed by atoms with van der Waals surface area (Å²) in [6, 6.07) is 0. The molecule has 7 nitrogen and oxygen atoms in total. The summed E-state index contributed by atoms with van der Waals surface area (Å²) in [6.07, 6.45) is -1.30. The van der Waals surface area contributed by atoms with Gasteiger partial charge in [-0.05, 0) is 22.6 Å². The maximum atomic E-state index is 11.7. The number of aromatic nitrogens is 2. The number of hydrogen-bond acceptors (Lipinski definition) is 6. The summed E-state index contributed by atoms with van der Waals surface area (Å²) in [6.45, 7) is -0.380. The third kappa shape index (κ3) is 2.35. The average Bonchev–Trinajstić information content (AvgIpc) is 2.61. The van der Waals surface area contributed by atoms with Crippen LogP contribution in [-0.4, -0.2) is 44.0 Å². The Balaban J connectivity index is 2.39. The smallest absolute Gasteiger partial charge is 0.351 e. The van der Waals surface area contributed by atoms with E-state index in [9.17, 15) is 9.90 Å². The molecular formula is C9H11ClIN3O4. The SMILES string of the molecule is Nc1nc(=O)n([C@@H]2O[C@@H](CO)[C@@H](O)[C@H]2Cl)cc1I. The highest BCUT2D eigenvalue weighted by Crippen LogP contribution is 2.32. The van der Waals surface area contributed by atoms with Gasteiger partial charge in [-0.15, -0.1) is 11.6 Å². The van der Waals surface area contributed by atoms with E-state index in [0.29, 0.717) is 3.57 Å². The second-order valence-corrected chi connectivity index (χ2v) is 5.51. The minimum atomic E-state index is -1.05. The normalized spacial score (nSPS) is 31.8. The van der Waals surface area contributed by atoms with Crippen molar-refractivity contribution >= 4 is 40.0 Å². The van der Waals surface area contributed by atoms with E-state index < -0.39 is 29.5 Å². The lowest BCUT2D eigenvalue weighted by atomic mass is 10.2. The molecule has 1 saturated heterocycles. The predicted octanol–water partition coefficient (Wildman–Crippen LogP) is -0.712. The van der Waals surface area contributed by atoms with Crippen molar-refractivity contribution in [3.63, 3.8) is 0 Å². The number of anilines is 1. The van der Waals surface area contributed by atoms with Crippen molar-refractivity contribution in [3.05, 3.63) is 20.3 Å². The molecular weight excluding hydrogens is 376 g/mol. The fourth-order valence-electron chi connectivity index (χ4n) is 1.72. The predicted molar refractivity (Wildman–Crippen MR) is 72.3 cm³/mol. The van der Waals surface area contributed by atoms with Gasteiger partial charge in [-0.2, -0.15) is 4.98 Å². The van der Waals surface area contributed by atoms with E-state index in [0.717, 1.165) is 4.57 Å². The number of aliphatic hydroxyl groups excluding tert-OH is 2. The lowest BCUT2D eigenvalue weighted by Crippen LogP contribution is -2.33. The summed E-state index contributed by atoms with van der Waals surface area (Å²) in [7, 11) is 0. The second-order valence-electron chi connectivity index (χ2n) is 3.85. The Labute approximate surface area is 121 Å². The second kappa shape index (κ2) is 5.29. The van der Waals surface area contributed by atoms with E-state index in [1.807, 2.05) is 22.6 Å². The van der Waals surface area contributed by atoms with Crippen molar-refractivity contribution in [2.75, 3.05) is 12.3 Å². The van der Waals surface area contributed by atoms with Gasteiger partial charge in [0.15, 0.2) is 6.23 Å². The number of aliphatic hydroxyl groups is 2. The number of ether oxygens (including phenoxy) is 1. The average molecular weight is 388 g/mol. The molecule has 0 amide bonds. The molecule has 4 atom stereocenters. The van der Waals surface area contributed by atoms with Gasteiger partial charge in [0.05, 0.1) is 10.2 Å². The first kappa shape index (κ1) is 14.0. The number of halogens is 2. The van der Waals surface area contributed by atoms with Crippen molar-refractivity contribution in [2.45, 2.75) is 23.8 Å². The van der Waals surface area contributed by atoms with E-state index >= 15 is 0 Å². The van der Waals surface area contributed by atoms with Gasteiger partial charge in [-0.3, -0.25) is 4.57 Å². The van der Waals surface area contributed by atoms with Gasteiger partial charge in [-0.25, -0.2) is 4.79 Å². The highest BCUT2D eigenvalue weighted by Gasteiger charge is 2.43. The lowest BCUT2D eigenvalue weighted by Gasteiger charge is -2.17. The Morgan fingerprint density at radius 1 is 1.67 bits per heavy atom. The molecule has 0 bridgehead atoms. The summed E-state index contributed by atoms with van der Waals surface area (Å²) in [5.74, 6) is 0.125. The molecule has 0 saturated carbocycles. The first-order valence-electron chi connectivity index (χ1n) is 5.08.